The number of hydrogen-bond donors (Lipinski definition) is 1. The summed E-state index contributed by atoms with van der Waals surface area (Å²) >= 11 is 0. The van der Waals surface area contributed by atoms with Crippen molar-refractivity contribution >= 4 is 10.9 Å². The maximum absolute atomic E-state index is 13.2. The van der Waals surface area contributed by atoms with Gasteiger partial charge in [0.15, 0.2) is 0 Å². The molecule has 0 saturated heterocycles. The van der Waals surface area contributed by atoms with Gasteiger partial charge in [0.2, 0.25) is 0 Å². The summed E-state index contributed by atoms with van der Waals surface area (Å²) in [6, 6.07) is 11.3. The van der Waals surface area contributed by atoms with E-state index >= 15 is 0 Å². The highest BCUT2D eigenvalue weighted by molar-refractivity contribution is 5.88. The fourth-order valence-corrected chi connectivity index (χ4v) is 2.17. The molecule has 1 aromatic heterocycles. The molecule has 90 valence electrons. The number of aromatic amines is 1. The summed E-state index contributed by atoms with van der Waals surface area (Å²) in [5.41, 5.74) is 3.34. The molecule has 0 atom stereocenters. The fraction of sp³-hybridized carbons (Fsp3) is 0.0667. The van der Waals surface area contributed by atoms with E-state index in [2.05, 4.69) is 4.98 Å². The zero-order chi connectivity index (χ0) is 12.7. The molecular formula is C15H11F2N. The lowest BCUT2D eigenvalue weighted by atomic mass is 10.1. The van der Waals surface area contributed by atoms with Crippen molar-refractivity contribution in [3.05, 3.63) is 59.7 Å². The minimum Gasteiger partial charge on any atom is -0.355 e. The summed E-state index contributed by atoms with van der Waals surface area (Å²) in [6.07, 6.45) is 0. The first-order valence-corrected chi connectivity index (χ1v) is 5.68. The molecule has 0 unspecified atom stereocenters. The Labute approximate surface area is 103 Å². The van der Waals surface area contributed by atoms with E-state index in [-0.39, 0.29) is 0 Å². The van der Waals surface area contributed by atoms with Crippen LogP contribution in [0.15, 0.2) is 42.5 Å². The van der Waals surface area contributed by atoms with Crippen molar-refractivity contribution in [2.75, 3.05) is 0 Å². The van der Waals surface area contributed by atoms with Gasteiger partial charge in [-0.25, -0.2) is 8.78 Å². The third-order valence-electron chi connectivity index (χ3n) is 3.06. The van der Waals surface area contributed by atoms with Crippen LogP contribution < -0.4 is 0 Å². The molecule has 0 bridgehead atoms. The summed E-state index contributed by atoms with van der Waals surface area (Å²) in [4.78, 5) is 3.17. The summed E-state index contributed by atoms with van der Waals surface area (Å²) < 4.78 is 26.4. The van der Waals surface area contributed by atoms with Crippen LogP contribution in [0.1, 0.15) is 5.56 Å². The van der Waals surface area contributed by atoms with Crippen LogP contribution in [0, 0.1) is 18.6 Å². The van der Waals surface area contributed by atoms with E-state index in [1.165, 1.54) is 12.1 Å². The van der Waals surface area contributed by atoms with Gasteiger partial charge in [-0.3, -0.25) is 0 Å². The quantitative estimate of drug-likeness (QED) is 0.651. The SMILES string of the molecule is Cc1cccc2[nH]c(-c3cc(F)cc(F)c3)cc12. The number of benzene rings is 2. The zero-order valence-electron chi connectivity index (χ0n) is 9.80. The van der Waals surface area contributed by atoms with Crippen LogP contribution in [0.25, 0.3) is 22.2 Å². The second-order valence-electron chi connectivity index (χ2n) is 4.38. The number of aromatic nitrogens is 1. The van der Waals surface area contributed by atoms with Gasteiger partial charge in [0.25, 0.3) is 0 Å². The van der Waals surface area contributed by atoms with Gasteiger partial charge in [-0.15, -0.1) is 0 Å². The molecule has 0 saturated carbocycles. The first-order chi connectivity index (χ1) is 8.63. The molecule has 1 N–H and O–H groups in total. The van der Waals surface area contributed by atoms with Gasteiger partial charge in [-0.05, 0) is 36.8 Å². The molecule has 3 rings (SSSR count). The van der Waals surface area contributed by atoms with Crippen LogP contribution in [0.3, 0.4) is 0 Å². The van der Waals surface area contributed by atoms with Crippen LogP contribution >= 0.6 is 0 Å². The molecule has 0 aliphatic heterocycles. The van der Waals surface area contributed by atoms with Crippen molar-refractivity contribution in [1.29, 1.82) is 0 Å². The maximum atomic E-state index is 13.2. The molecule has 3 aromatic rings. The van der Waals surface area contributed by atoms with E-state index in [0.29, 0.717) is 5.56 Å². The minimum absolute atomic E-state index is 0.517. The first-order valence-electron chi connectivity index (χ1n) is 5.68. The van der Waals surface area contributed by atoms with Crippen LogP contribution in [0.4, 0.5) is 8.78 Å². The average molecular weight is 243 g/mol. The number of rotatable bonds is 1. The minimum atomic E-state index is -0.569. The van der Waals surface area contributed by atoms with Gasteiger partial charge >= 0.3 is 0 Å². The summed E-state index contributed by atoms with van der Waals surface area (Å²) in [7, 11) is 0. The Morgan fingerprint density at radius 2 is 1.67 bits per heavy atom. The molecule has 3 heteroatoms. The molecule has 18 heavy (non-hydrogen) atoms. The van der Waals surface area contributed by atoms with Crippen molar-refractivity contribution < 1.29 is 8.78 Å². The molecule has 0 amide bonds. The zero-order valence-corrected chi connectivity index (χ0v) is 9.80. The van der Waals surface area contributed by atoms with Crippen LogP contribution in [-0.4, -0.2) is 4.98 Å². The third-order valence-corrected chi connectivity index (χ3v) is 3.06. The second kappa shape index (κ2) is 3.95. The largest absolute Gasteiger partial charge is 0.355 e. The Hall–Kier alpha value is -2.16. The Kier molecular flexibility index (Phi) is 2.40. The van der Waals surface area contributed by atoms with E-state index in [1.54, 1.807) is 0 Å². The molecular weight excluding hydrogens is 232 g/mol. The smallest absolute Gasteiger partial charge is 0.126 e. The Morgan fingerprint density at radius 1 is 0.944 bits per heavy atom. The molecule has 1 nitrogen and oxygen atoms in total. The molecule has 0 fully saturated rings. The summed E-state index contributed by atoms with van der Waals surface area (Å²) in [5.74, 6) is -1.14. The standard InChI is InChI=1S/C15H11F2N/c1-9-3-2-4-14-13(9)8-15(18-14)10-5-11(16)7-12(17)6-10/h2-8,18H,1H3. The molecule has 2 aromatic carbocycles. The highest BCUT2D eigenvalue weighted by Crippen LogP contribution is 2.27. The predicted molar refractivity (Wildman–Crippen MR) is 68.4 cm³/mol. The van der Waals surface area contributed by atoms with Crippen LogP contribution in [0.5, 0.6) is 0 Å². The first kappa shape index (κ1) is 11.0. The van der Waals surface area contributed by atoms with Gasteiger partial charge in [0, 0.05) is 28.2 Å². The lowest BCUT2D eigenvalue weighted by Crippen LogP contribution is -1.83. The summed E-state index contributed by atoms with van der Waals surface area (Å²) in [6.45, 7) is 2.01. The van der Waals surface area contributed by atoms with Crippen molar-refractivity contribution in [2.24, 2.45) is 0 Å². The summed E-state index contributed by atoms with van der Waals surface area (Å²) in [5, 5.41) is 1.07. The number of halogens is 2. The van der Waals surface area contributed by atoms with E-state index in [9.17, 15) is 8.78 Å². The van der Waals surface area contributed by atoms with E-state index in [0.717, 1.165) is 28.2 Å². The Bertz CT molecular complexity index is 708. The van der Waals surface area contributed by atoms with Crippen LogP contribution in [0.2, 0.25) is 0 Å². The third kappa shape index (κ3) is 1.78. The lowest BCUT2D eigenvalue weighted by Gasteiger charge is -1.98. The van der Waals surface area contributed by atoms with Gasteiger partial charge in [-0.2, -0.15) is 0 Å². The van der Waals surface area contributed by atoms with Crippen molar-refractivity contribution in [1.82, 2.24) is 4.98 Å². The highest BCUT2D eigenvalue weighted by atomic mass is 19.1. The molecule has 1 heterocycles. The molecule has 0 radical (unpaired) electrons. The van der Waals surface area contributed by atoms with Crippen LogP contribution in [-0.2, 0) is 0 Å². The monoisotopic (exact) mass is 243 g/mol. The van der Waals surface area contributed by atoms with Crippen molar-refractivity contribution in [2.45, 2.75) is 6.92 Å². The van der Waals surface area contributed by atoms with Gasteiger partial charge in [0.1, 0.15) is 11.6 Å². The average Bonchev–Trinajstić information content (AvgIpc) is 2.73. The Balaban J connectivity index is 2.22. The second-order valence-corrected chi connectivity index (χ2v) is 4.38. The Morgan fingerprint density at radius 3 is 2.33 bits per heavy atom. The fourth-order valence-electron chi connectivity index (χ4n) is 2.17. The number of hydrogen-bond acceptors (Lipinski definition) is 0. The number of H-pyrrole nitrogens is 1. The van der Waals surface area contributed by atoms with Gasteiger partial charge in [0.05, 0.1) is 0 Å². The van der Waals surface area contributed by atoms with E-state index in [4.69, 9.17) is 0 Å². The highest BCUT2D eigenvalue weighted by Gasteiger charge is 2.07. The number of nitrogens with one attached hydrogen (secondary N) is 1. The normalized spacial score (nSPS) is 11.1. The maximum Gasteiger partial charge on any atom is 0.126 e. The molecule has 0 aliphatic rings. The topological polar surface area (TPSA) is 15.8 Å². The molecule has 0 aliphatic carbocycles. The number of aryl methyl sites for hydroxylation is 1. The molecule has 0 spiro atoms. The van der Waals surface area contributed by atoms with Gasteiger partial charge in [-0.1, -0.05) is 12.1 Å². The lowest BCUT2D eigenvalue weighted by molar-refractivity contribution is 0.584. The van der Waals surface area contributed by atoms with Crippen molar-refractivity contribution in [3.8, 4) is 11.3 Å². The predicted octanol–water partition coefficient (Wildman–Crippen LogP) is 4.42. The number of fused-ring (bicyclic) bond motifs is 1. The van der Waals surface area contributed by atoms with E-state index < -0.39 is 11.6 Å². The van der Waals surface area contributed by atoms with Crippen molar-refractivity contribution in [3.63, 3.8) is 0 Å². The van der Waals surface area contributed by atoms with Gasteiger partial charge < -0.3 is 4.98 Å². The van der Waals surface area contributed by atoms with E-state index in [1.807, 2.05) is 31.2 Å².